The highest BCUT2D eigenvalue weighted by Crippen LogP contribution is 2.47. The van der Waals surface area contributed by atoms with Gasteiger partial charge in [-0.25, -0.2) is 9.88 Å². The van der Waals surface area contributed by atoms with Crippen LogP contribution < -0.4 is 20.9 Å². The normalized spacial score (nSPS) is 27.6. The quantitative estimate of drug-likeness (QED) is 0.247. The van der Waals surface area contributed by atoms with Crippen LogP contribution in [0, 0.1) is 0 Å². The maximum Gasteiger partial charge on any atom is 0.330 e. The van der Waals surface area contributed by atoms with Crippen LogP contribution in [0.2, 0.25) is 0 Å². The number of aromatic amines is 1. The topological polar surface area (TPSA) is 161 Å². The summed E-state index contributed by atoms with van der Waals surface area (Å²) in [5.41, 5.74) is -3.85. The number of nitrogens with zero attached hydrogens (tertiary/aromatic N) is 1. The van der Waals surface area contributed by atoms with Gasteiger partial charge in [-0.2, -0.15) is 0 Å². The van der Waals surface area contributed by atoms with Crippen molar-refractivity contribution in [3.63, 3.8) is 0 Å². The summed E-state index contributed by atoms with van der Waals surface area (Å²) in [6.07, 6.45) is -4.80. The van der Waals surface area contributed by atoms with Gasteiger partial charge in [0.2, 0.25) is 0 Å². The van der Waals surface area contributed by atoms with Crippen molar-refractivity contribution in [1.82, 2.24) is 14.6 Å². The first-order valence-corrected chi connectivity index (χ1v) is 13.6. The van der Waals surface area contributed by atoms with Crippen molar-refractivity contribution in [3.8, 4) is 5.75 Å². The Kier molecular flexibility index (Phi) is 7.96. The van der Waals surface area contributed by atoms with E-state index >= 15 is 0 Å². The number of aliphatic hydroxyl groups excluding tert-OH is 1. The van der Waals surface area contributed by atoms with E-state index in [4.69, 9.17) is 33.1 Å². The lowest BCUT2D eigenvalue weighted by molar-refractivity contribution is -0.149. The second-order valence-electron chi connectivity index (χ2n) is 8.54. The zero-order valence-electron chi connectivity index (χ0n) is 22.0. The number of nitrogens with one attached hydrogen (secondary N) is 2. The van der Waals surface area contributed by atoms with Gasteiger partial charge in [0.15, 0.2) is 6.23 Å². The van der Waals surface area contributed by atoms with E-state index in [0.717, 1.165) is 23.8 Å². The number of ether oxygens (including phenoxy) is 2. The van der Waals surface area contributed by atoms with Gasteiger partial charge in [0.05, 0.1) is 15.4 Å². The molecular formula is C22H30N3O9PS. The number of rotatable bonds is 10. The van der Waals surface area contributed by atoms with Gasteiger partial charge in [0.25, 0.3) is 5.56 Å². The second kappa shape index (κ2) is 11.3. The monoisotopic (exact) mass is 545 g/mol. The summed E-state index contributed by atoms with van der Waals surface area (Å²) in [7, 11) is 0. The molecule has 4 N–H and O–H groups in total. The van der Waals surface area contributed by atoms with E-state index < -0.39 is 66.6 Å². The highest BCUT2D eigenvalue weighted by atomic mass is 32.5. The van der Waals surface area contributed by atoms with Gasteiger partial charge in [-0.05, 0) is 51.6 Å². The van der Waals surface area contributed by atoms with Crippen LogP contribution in [-0.2, 0) is 30.6 Å². The Labute approximate surface area is 215 Å². The fourth-order valence-corrected chi connectivity index (χ4v) is 5.52. The Morgan fingerprint density at radius 1 is 1.33 bits per heavy atom. The molecule has 0 saturated carbocycles. The summed E-state index contributed by atoms with van der Waals surface area (Å²) < 4.78 is 40.2. The summed E-state index contributed by atoms with van der Waals surface area (Å²) in [5.74, 6) is -0.478. The molecule has 1 aliphatic rings. The number of para-hydroxylation sites is 1. The smallest absolute Gasteiger partial charge is 0.330 e. The van der Waals surface area contributed by atoms with Crippen molar-refractivity contribution in [2.75, 3.05) is 6.56 Å². The second-order valence-corrected chi connectivity index (χ2v) is 11.6. The lowest BCUT2D eigenvalue weighted by Crippen LogP contribution is -2.47. The zero-order chi connectivity index (χ0) is 28.5. The first kappa shape index (κ1) is 25.3. The van der Waals surface area contributed by atoms with Crippen molar-refractivity contribution >= 4 is 24.4 Å². The molecule has 6 atom stereocenters. The van der Waals surface area contributed by atoms with Crippen LogP contribution in [0.4, 0.5) is 0 Å². The number of aliphatic hydroxyl groups is 2. The van der Waals surface area contributed by atoms with E-state index in [1.54, 1.807) is 44.2 Å². The minimum absolute atomic E-state index is 0.209. The lowest BCUT2D eigenvalue weighted by Gasteiger charge is -2.28. The molecule has 1 aromatic carbocycles. The Hall–Kier alpha value is -2.38. The minimum atomic E-state index is -3.93. The average molecular weight is 546 g/mol. The van der Waals surface area contributed by atoms with Gasteiger partial charge < -0.3 is 28.7 Å². The van der Waals surface area contributed by atoms with Crippen molar-refractivity contribution in [3.05, 3.63) is 63.4 Å². The number of hydrogen-bond acceptors (Lipinski definition) is 10. The summed E-state index contributed by atoms with van der Waals surface area (Å²) in [4.78, 5) is 38.2. The van der Waals surface area contributed by atoms with E-state index in [9.17, 15) is 24.6 Å². The lowest BCUT2D eigenvalue weighted by atomic mass is 9.96. The predicted molar refractivity (Wildman–Crippen MR) is 133 cm³/mol. The number of hydrogen-bond donors (Lipinski definition) is 4. The molecule has 1 saturated heterocycles. The maximum atomic E-state index is 12.4. The van der Waals surface area contributed by atoms with Gasteiger partial charge in [0.1, 0.15) is 29.6 Å². The highest BCUT2D eigenvalue weighted by Gasteiger charge is 2.53. The number of aromatic nitrogens is 2. The Balaban J connectivity index is 1.93. The fraction of sp³-hybridized carbons (Fsp3) is 0.500. The van der Waals surface area contributed by atoms with Gasteiger partial charge >= 0.3 is 18.3 Å². The first-order chi connectivity index (χ1) is 17.6. The van der Waals surface area contributed by atoms with Crippen molar-refractivity contribution in [2.45, 2.75) is 63.9 Å². The third-order valence-electron chi connectivity index (χ3n) is 5.08. The van der Waals surface area contributed by atoms with E-state index in [1.807, 2.05) is 4.98 Å². The number of benzene rings is 1. The SMILES string of the molecule is [2H]C([2H])(OP(=S)(NC(C)C(=O)OC(C)C)Oc1ccccc1)[C@H]1O[C@@H](n2ccc(=O)[nH]c2=O)[C@](C)(O)[C@@H]1O. The number of carbonyl (C=O) groups excluding carboxylic acids is 1. The van der Waals surface area contributed by atoms with E-state index in [2.05, 4.69) is 5.09 Å². The predicted octanol–water partition coefficient (Wildman–Crippen LogP) is 0.796. The Morgan fingerprint density at radius 2 is 2.00 bits per heavy atom. The largest absolute Gasteiger partial charge is 0.462 e. The van der Waals surface area contributed by atoms with E-state index in [1.165, 1.54) is 6.92 Å². The van der Waals surface area contributed by atoms with E-state index in [-0.39, 0.29) is 5.75 Å². The summed E-state index contributed by atoms with van der Waals surface area (Å²) in [6, 6.07) is 8.03. The highest BCUT2D eigenvalue weighted by molar-refractivity contribution is 8.09. The van der Waals surface area contributed by atoms with E-state index in [0.29, 0.717) is 0 Å². The molecule has 36 heavy (non-hydrogen) atoms. The molecule has 14 heteroatoms. The van der Waals surface area contributed by atoms with Crippen LogP contribution in [0.25, 0.3) is 0 Å². The molecule has 12 nitrogen and oxygen atoms in total. The maximum absolute atomic E-state index is 12.4. The van der Waals surface area contributed by atoms with Crippen molar-refractivity contribution in [2.24, 2.45) is 0 Å². The van der Waals surface area contributed by atoms with Crippen molar-refractivity contribution < 1.29 is 36.3 Å². The Bertz CT molecular complexity index is 1300. The molecule has 1 fully saturated rings. The molecule has 1 aromatic heterocycles. The van der Waals surface area contributed by atoms with Gasteiger partial charge in [0, 0.05) is 12.3 Å². The standard InChI is InChI=1S/C22H30N3O9PS/c1-13(2)32-19(28)14(3)24-35(36,34-15-8-6-5-7-9-15)31-12-16-18(27)22(4,30)20(33-16)25-11-10-17(26)23-21(25)29/h5-11,13-14,16,18,20,27,30H,12H2,1-4H3,(H,24,36)(H,23,26,29)/t14?,16-,18-,20-,22-,35?/m1/s1/i12D2. The van der Waals surface area contributed by atoms with Crippen LogP contribution in [-0.4, -0.2) is 62.2 Å². The zero-order valence-corrected chi connectivity index (χ0v) is 21.7. The van der Waals surface area contributed by atoms with Gasteiger partial charge in [-0.1, -0.05) is 18.2 Å². The summed E-state index contributed by atoms with van der Waals surface area (Å²) in [5, 5.41) is 24.5. The molecule has 2 unspecified atom stereocenters. The Morgan fingerprint density at radius 3 is 2.61 bits per heavy atom. The summed E-state index contributed by atoms with van der Waals surface area (Å²) >= 11 is 5.54. The fourth-order valence-electron chi connectivity index (χ4n) is 3.29. The van der Waals surface area contributed by atoms with Gasteiger partial charge in [-0.15, -0.1) is 0 Å². The molecular weight excluding hydrogens is 513 g/mol. The molecule has 0 radical (unpaired) electrons. The third-order valence-corrected chi connectivity index (χ3v) is 7.34. The van der Waals surface area contributed by atoms with Gasteiger partial charge in [-0.3, -0.25) is 19.1 Å². The molecule has 3 rings (SSSR count). The molecule has 1 aliphatic heterocycles. The molecule has 0 amide bonds. The van der Waals surface area contributed by atoms with Crippen LogP contribution in [0.5, 0.6) is 5.75 Å². The number of carbonyl (C=O) groups is 1. The average Bonchev–Trinajstić information content (AvgIpc) is 3.03. The number of H-pyrrole nitrogens is 1. The number of esters is 1. The van der Waals surface area contributed by atoms with Crippen LogP contribution in [0.15, 0.2) is 52.2 Å². The molecule has 0 aliphatic carbocycles. The molecule has 2 aromatic rings. The molecule has 0 bridgehead atoms. The van der Waals surface area contributed by atoms with Crippen molar-refractivity contribution in [1.29, 1.82) is 0 Å². The molecule has 2 heterocycles. The third kappa shape index (κ3) is 6.68. The van der Waals surface area contributed by atoms with Crippen LogP contribution in [0.1, 0.15) is 36.7 Å². The minimum Gasteiger partial charge on any atom is -0.462 e. The van der Waals surface area contributed by atoms with Crippen LogP contribution in [0.3, 0.4) is 0 Å². The van der Waals surface area contributed by atoms with Crippen LogP contribution >= 0.6 is 6.64 Å². The first-order valence-electron chi connectivity index (χ1n) is 12.0. The molecule has 0 spiro atoms. The summed E-state index contributed by atoms with van der Waals surface area (Å²) in [6.45, 7) is -0.970. The molecule has 198 valence electrons.